The number of amides is 1. The van der Waals surface area contributed by atoms with E-state index in [1.165, 1.54) is 6.92 Å². The van der Waals surface area contributed by atoms with Crippen molar-refractivity contribution in [3.63, 3.8) is 0 Å². The van der Waals surface area contributed by atoms with Crippen molar-refractivity contribution in [3.05, 3.63) is 42.0 Å². The molecule has 4 heteroatoms. The predicted molar refractivity (Wildman–Crippen MR) is 82.5 cm³/mol. The molecule has 0 saturated heterocycles. The molecule has 0 heterocycles. The van der Waals surface area contributed by atoms with Crippen molar-refractivity contribution >= 4 is 16.7 Å². The zero-order valence-corrected chi connectivity index (χ0v) is 12.4. The highest BCUT2D eigenvalue weighted by atomic mass is 19.1. The molecule has 3 nitrogen and oxygen atoms in total. The summed E-state index contributed by atoms with van der Waals surface area (Å²) in [5.41, 5.74) is 1.04. The molecule has 0 radical (unpaired) electrons. The van der Waals surface area contributed by atoms with Crippen LogP contribution in [0.25, 0.3) is 10.8 Å². The molecule has 1 unspecified atom stereocenters. The van der Waals surface area contributed by atoms with Crippen molar-refractivity contribution < 1.29 is 13.9 Å². The normalized spacial score (nSPS) is 12.1. The van der Waals surface area contributed by atoms with Crippen molar-refractivity contribution in [2.45, 2.75) is 19.3 Å². The first-order valence-corrected chi connectivity index (χ1v) is 7.02. The van der Waals surface area contributed by atoms with Crippen LogP contribution in [-0.2, 0) is 4.79 Å². The molecule has 1 N–H and O–H groups in total. The highest BCUT2D eigenvalue weighted by Gasteiger charge is 2.15. The van der Waals surface area contributed by atoms with Gasteiger partial charge >= 0.3 is 0 Å². The summed E-state index contributed by atoms with van der Waals surface area (Å²) in [6, 6.07) is 11.8. The van der Waals surface area contributed by atoms with E-state index in [9.17, 15) is 9.18 Å². The summed E-state index contributed by atoms with van der Waals surface area (Å²) in [6.45, 7) is 1.50. The number of fused-ring (bicyclic) bond motifs is 1. The molecular formula is C17H20FNO2. The van der Waals surface area contributed by atoms with Crippen LogP contribution in [0.15, 0.2) is 36.4 Å². The van der Waals surface area contributed by atoms with E-state index < -0.39 is 6.67 Å². The topological polar surface area (TPSA) is 38.3 Å². The van der Waals surface area contributed by atoms with Crippen LogP contribution in [0.3, 0.4) is 0 Å². The molecule has 2 aromatic rings. The molecule has 0 spiro atoms. The second-order valence-corrected chi connectivity index (χ2v) is 5.05. The second kappa shape index (κ2) is 7.07. The van der Waals surface area contributed by atoms with Gasteiger partial charge in [-0.15, -0.1) is 0 Å². The van der Waals surface area contributed by atoms with Gasteiger partial charge in [0.25, 0.3) is 0 Å². The Balaban J connectivity index is 2.42. The molecule has 0 fully saturated rings. The third kappa shape index (κ3) is 3.72. The van der Waals surface area contributed by atoms with Crippen LogP contribution >= 0.6 is 0 Å². The Kier molecular flexibility index (Phi) is 5.14. The van der Waals surface area contributed by atoms with Crippen molar-refractivity contribution in [1.82, 2.24) is 5.32 Å². The van der Waals surface area contributed by atoms with Gasteiger partial charge in [0.05, 0.1) is 13.8 Å². The Hall–Kier alpha value is -2.10. The molecule has 1 atom stereocenters. The van der Waals surface area contributed by atoms with Gasteiger partial charge in [-0.25, -0.2) is 0 Å². The average molecular weight is 289 g/mol. The minimum Gasteiger partial charge on any atom is -0.497 e. The van der Waals surface area contributed by atoms with Gasteiger partial charge in [-0.3, -0.25) is 9.18 Å². The Labute approximate surface area is 124 Å². The van der Waals surface area contributed by atoms with Crippen LogP contribution in [0, 0.1) is 0 Å². The molecule has 1 amide bonds. The fraction of sp³-hybridized carbons (Fsp3) is 0.353. The number of hydrogen-bond donors (Lipinski definition) is 1. The number of carbonyl (C=O) groups is 1. The highest BCUT2D eigenvalue weighted by Crippen LogP contribution is 2.30. The molecular weight excluding hydrogens is 269 g/mol. The zero-order valence-electron chi connectivity index (χ0n) is 12.4. The van der Waals surface area contributed by atoms with Gasteiger partial charge in [-0.05, 0) is 34.9 Å². The predicted octanol–water partition coefficient (Wildman–Crippen LogP) is 3.43. The number of hydrogen-bond acceptors (Lipinski definition) is 2. The molecule has 21 heavy (non-hydrogen) atoms. The smallest absolute Gasteiger partial charge is 0.216 e. The van der Waals surface area contributed by atoms with Crippen LogP contribution in [0.5, 0.6) is 5.75 Å². The summed E-state index contributed by atoms with van der Waals surface area (Å²) in [7, 11) is 1.63. The highest BCUT2D eigenvalue weighted by molar-refractivity contribution is 5.87. The lowest BCUT2D eigenvalue weighted by Gasteiger charge is -2.19. The Bertz CT molecular complexity index is 627. The van der Waals surface area contributed by atoms with Crippen LogP contribution in [0.4, 0.5) is 4.39 Å². The number of halogens is 1. The second-order valence-electron chi connectivity index (χ2n) is 5.05. The monoisotopic (exact) mass is 289 g/mol. The maximum atomic E-state index is 12.9. The maximum Gasteiger partial charge on any atom is 0.216 e. The largest absolute Gasteiger partial charge is 0.497 e. The SMILES string of the molecule is COc1ccc2cccc(C(CCF)CNC(C)=O)c2c1. The number of rotatable bonds is 6. The summed E-state index contributed by atoms with van der Waals surface area (Å²) >= 11 is 0. The molecule has 0 aliphatic rings. The summed E-state index contributed by atoms with van der Waals surface area (Å²) in [5, 5.41) is 4.91. The number of ether oxygens (including phenoxy) is 1. The first-order valence-electron chi connectivity index (χ1n) is 7.02. The minimum absolute atomic E-state index is 0.0466. The van der Waals surface area contributed by atoms with Gasteiger partial charge in [0.15, 0.2) is 0 Å². The lowest BCUT2D eigenvalue weighted by atomic mass is 9.91. The van der Waals surface area contributed by atoms with E-state index in [0.717, 1.165) is 22.1 Å². The zero-order chi connectivity index (χ0) is 15.2. The van der Waals surface area contributed by atoms with Crippen molar-refractivity contribution in [1.29, 1.82) is 0 Å². The first-order chi connectivity index (χ1) is 10.2. The number of alkyl halides is 1. The van der Waals surface area contributed by atoms with Gasteiger partial charge in [0.2, 0.25) is 5.91 Å². The van der Waals surface area contributed by atoms with Crippen LogP contribution in [-0.4, -0.2) is 26.2 Å². The van der Waals surface area contributed by atoms with Gasteiger partial charge in [-0.1, -0.05) is 24.3 Å². The average Bonchev–Trinajstić information content (AvgIpc) is 2.50. The Morgan fingerprint density at radius 1 is 1.33 bits per heavy atom. The number of nitrogens with one attached hydrogen (secondary N) is 1. The summed E-state index contributed by atoms with van der Waals surface area (Å²) in [6.07, 6.45) is 0.386. The molecule has 0 aromatic heterocycles. The van der Waals surface area contributed by atoms with Crippen LogP contribution in [0.2, 0.25) is 0 Å². The van der Waals surface area contributed by atoms with E-state index in [4.69, 9.17) is 4.74 Å². The van der Waals surface area contributed by atoms with E-state index in [2.05, 4.69) is 5.32 Å². The van der Waals surface area contributed by atoms with E-state index >= 15 is 0 Å². The molecule has 0 aliphatic heterocycles. The molecule has 2 aromatic carbocycles. The van der Waals surface area contributed by atoms with Gasteiger partial charge < -0.3 is 10.1 Å². The minimum atomic E-state index is -0.412. The molecule has 0 saturated carbocycles. The van der Waals surface area contributed by atoms with Gasteiger partial charge in [0.1, 0.15) is 5.75 Å². The standard InChI is InChI=1S/C17H20FNO2/c1-12(20)19-11-14(8-9-18)16-5-3-4-13-6-7-15(21-2)10-17(13)16/h3-7,10,14H,8-9,11H2,1-2H3,(H,19,20). The Morgan fingerprint density at radius 3 is 2.81 bits per heavy atom. The lowest BCUT2D eigenvalue weighted by molar-refractivity contribution is -0.119. The maximum absolute atomic E-state index is 12.9. The van der Waals surface area contributed by atoms with Crippen LogP contribution < -0.4 is 10.1 Å². The third-order valence-electron chi connectivity index (χ3n) is 3.62. The quantitative estimate of drug-likeness (QED) is 0.884. The molecule has 2 rings (SSSR count). The van der Waals surface area contributed by atoms with Gasteiger partial charge in [-0.2, -0.15) is 0 Å². The summed E-state index contributed by atoms with van der Waals surface area (Å²) in [4.78, 5) is 11.1. The molecule has 0 aliphatic carbocycles. The van der Waals surface area contributed by atoms with Crippen molar-refractivity contribution in [2.24, 2.45) is 0 Å². The number of benzene rings is 2. The molecule has 112 valence electrons. The lowest BCUT2D eigenvalue weighted by Crippen LogP contribution is -2.26. The third-order valence-corrected chi connectivity index (χ3v) is 3.62. The number of carbonyl (C=O) groups excluding carboxylic acids is 1. The van der Waals surface area contributed by atoms with Crippen molar-refractivity contribution in [3.8, 4) is 5.75 Å². The van der Waals surface area contributed by atoms with E-state index in [1.807, 2.05) is 36.4 Å². The first kappa shape index (κ1) is 15.3. The fourth-order valence-corrected chi connectivity index (χ4v) is 2.53. The van der Waals surface area contributed by atoms with E-state index in [0.29, 0.717) is 13.0 Å². The van der Waals surface area contributed by atoms with Crippen LogP contribution in [0.1, 0.15) is 24.8 Å². The van der Waals surface area contributed by atoms with E-state index in [1.54, 1.807) is 7.11 Å². The van der Waals surface area contributed by atoms with E-state index in [-0.39, 0.29) is 11.8 Å². The Morgan fingerprint density at radius 2 is 2.14 bits per heavy atom. The fourth-order valence-electron chi connectivity index (χ4n) is 2.53. The summed E-state index contributed by atoms with van der Waals surface area (Å²) < 4.78 is 18.1. The summed E-state index contributed by atoms with van der Waals surface area (Å²) in [5.74, 6) is 0.625. The van der Waals surface area contributed by atoms with Gasteiger partial charge in [0, 0.05) is 19.4 Å². The molecule has 0 bridgehead atoms. The van der Waals surface area contributed by atoms with Crippen molar-refractivity contribution in [2.75, 3.05) is 20.3 Å². The number of methoxy groups -OCH3 is 1.